The van der Waals surface area contributed by atoms with Gasteiger partial charge in [0.15, 0.2) is 0 Å². The number of hydrogen-bond acceptors (Lipinski definition) is 4. The van der Waals surface area contributed by atoms with Gasteiger partial charge >= 0.3 is 0 Å². The van der Waals surface area contributed by atoms with Crippen LogP contribution in [0.1, 0.15) is 28.0 Å². The number of aliphatic hydroxyl groups excluding tert-OH is 1. The molecule has 0 spiro atoms. The standard InChI is InChI=1S/C18H18FN3O3/c19-13-5-3-12(4-6-13)11-22-8-7-14-15(2-1-9-23)17(18(24)21-25)20-10-16(14)22/h3-8,10,23,25H,1-2,9,11H2,(H,21,24). The van der Waals surface area contributed by atoms with Gasteiger partial charge in [-0.3, -0.25) is 10.0 Å². The number of benzene rings is 1. The first-order valence-corrected chi connectivity index (χ1v) is 7.90. The highest BCUT2D eigenvalue weighted by Crippen LogP contribution is 2.24. The first kappa shape index (κ1) is 17.1. The number of halogens is 1. The molecule has 6 nitrogen and oxygen atoms in total. The van der Waals surface area contributed by atoms with Crippen molar-refractivity contribution < 1.29 is 19.5 Å². The molecule has 0 saturated heterocycles. The Bertz CT molecular complexity index is 890. The molecule has 0 saturated carbocycles. The SMILES string of the molecule is O=C(NO)c1ncc2c(ccn2Cc2ccc(F)cc2)c1CCCO. The van der Waals surface area contributed by atoms with Crippen molar-refractivity contribution in [2.45, 2.75) is 19.4 Å². The number of nitrogens with one attached hydrogen (secondary N) is 1. The maximum absolute atomic E-state index is 13.0. The molecule has 25 heavy (non-hydrogen) atoms. The van der Waals surface area contributed by atoms with Gasteiger partial charge in [0.2, 0.25) is 0 Å². The van der Waals surface area contributed by atoms with Crippen molar-refractivity contribution in [2.75, 3.05) is 6.61 Å². The largest absolute Gasteiger partial charge is 0.396 e. The number of aryl methyl sites for hydroxylation is 1. The van der Waals surface area contributed by atoms with Crippen molar-refractivity contribution in [1.29, 1.82) is 0 Å². The van der Waals surface area contributed by atoms with Gasteiger partial charge in [0.1, 0.15) is 11.5 Å². The van der Waals surface area contributed by atoms with Gasteiger partial charge in [-0.2, -0.15) is 0 Å². The van der Waals surface area contributed by atoms with Gasteiger partial charge in [-0.05, 0) is 42.2 Å². The van der Waals surface area contributed by atoms with Crippen molar-refractivity contribution in [3.8, 4) is 0 Å². The minimum absolute atomic E-state index is 0.00708. The maximum Gasteiger partial charge on any atom is 0.293 e. The summed E-state index contributed by atoms with van der Waals surface area (Å²) in [7, 11) is 0. The number of hydroxylamine groups is 1. The van der Waals surface area contributed by atoms with Gasteiger partial charge in [-0.15, -0.1) is 0 Å². The van der Waals surface area contributed by atoms with E-state index in [0.717, 1.165) is 16.5 Å². The van der Waals surface area contributed by atoms with Crippen LogP contribution in [0.15, 0.2) is 42.7 Å². The van der Waals surface area contributed by atoms with Crippen LogP contribution in [0.4, 0.5) is 4.39 Å². The van der Waals surface area contributed by atoms with Gasteiger partial charge in [-0.1, -0.05) is 12.1 Å². The predicted octanol–water partition coefficient (Wildman–Crippen LogP) is 2.27. The minimum atomic E-state index is -0.680. The van der Waals surface area contributed by atoms with Crippen LogP contribution in [0.3, 0.4) is 0 Å². The van der Waals surface area contributed by atoms with Gasteiger partial charge in [0, 0.05) is 24.7 Å². The molecule has 3 N–H and O–H groups in total. The third-order valence-corrected chi connectivity index (χ3v) is 4.10. The van der Waals surface area contributed by atoms with E-state index in [1.807, 2.05) is 16.8 Å². The Morgan fingerprint density at radius 2 is 2.00 bits per heavy atom. The molecule has 3 aromatic rings. The minimum Gasteiger partial charge on any atom is -0.396 e. The highest BCUT2D eigenvalue weighted by Gasteiger charge is 2.17. The number of carbonyl (C=O) groups excluding carboxylic acids is 1. The summed E-state index contributed by atoms with van der Waals surface area (Å²) >= 11 is 0. The van der Waals surface area contributed by atoms with Gasteiger partial charge in [-0.25, -0.2) is 14.9 Å². The van der Waals surface area contributed by atoms with E-state index < -0.39 is 5.91 Å². The van der Waals surface area contributed by atoms with Crippen molar-refractivity contribution in [2.24, 2.45) is 0 Å². The molecule has 3 rings (SSSR count). The number of amides is 1. The summed E-state index contributed by atoms with van der Waals surface area (Å²) in [5.41, 5.74) is 4.19. The summed E-state index contributed by atoms with van der Waals surface area (Å²) in [4.78, 5) is 16.0. The zero-order chi connectivity index (χ0) is 17.8. The molecule has 0 unspecified atom stereocenters. The fourth-order valence-electron chi connectivity index (χ4n) is 2.90. The summed E-state index contributed by atoms with van der Waals surface area (Å²) < 4.78 is 15.0. The van der Waals surface area contributed by atoms with E-state index in [0.29, 0.717) is 24.9 Å². The molecule has 1 amide bonds. The Kier molecular flexibility index (Phi) is 5.06. The highest BCUT2D eigenvalue weighted by atomic mass is 19.1. The van der Waals surface area contributed by atoms with Crippen LogP contribution in [-0.4, -0.2) is 32.4 Å². The molecule has 0 aliphatic carbocycles. The number of carbonyl (C=O) groups is 1. The van der Waals surface area contributed by atoms with E-state index in [1.165, 1.54) is 12.1 Å². The number of rotatable bonds is 6. The lowest BCUT2D eigenvalue weighted by atomic mass is 10.0. The van der Waals surface area contributed by atoms with E-state index in [-0.39, 0.29) is 18.1 Å². The molecule has 2 heterocycles. The second-order valence-electron chi connectivity index (χ2n) is 5.72. The maximum atomic E-state index is 13.0. The number of fused-ring (bicyclic) bond motifs is 1. The molecular formula is C18H18FN3O3. The normalized spacial score (nSPS) is 11.0. The lowest BCUT2D eigenvalue weighted by molar-refractivity contribution is 0.0699. The lowest BCUT2D eigenvalue weighted by Gasteiger charge is -2.10. The molecule has 130 valence electrons. The predicted molar refractivity (Wildman–Crippen MR) is 89.9 cm³/mol. The Labute approximate surface area is 143 Å². The van der Waals surface area contributed by atoms with E-state index in [1.54, 1.807) is 23.8 Å². The fourth-order valence-corrected chi connectivity index (χ4v) is 2.90. The van der Waals surface area contributed by atoms with Crippen molar-refractivity contribution in [3.05, 3.63) is 65.4 Å². The lowest BCUT2D eigenvalue weighted by Crippen LogP contribution is -2.22. The first-order valence-electron chi connectivity index (χ1n) is 7.90. The van der Waals surface area contributed by atoms with Crippen LogP contribution in [0.2, 0.25) is 0 Å². The molecular weight excluding hydrogens is 325 g/mol. The van der Waals surface area contributed by atoms with Gasteiger partial charge in [0.25, 0.3) is 5.91 Å². The molecule has 0 fully saturated rings. The zero-order valence-corrected chi connectivity index (χ0v) is 13.4. The topological polar surface area (TPSA) is 87.4 Å². The van der Waals surface area contributed by atoms with E-state index in [2.05, 4.69) is 4.98 Å². The van der Waals surface area contributed by atoms with Crippen LogP contribution < -0.4 is 5.48 Å². The Morgan fingerprint density at radius 1 is 1.24 bits per heavy atom. The third-order valence-electron chi connectivity index (χ3n) is 4.10. The summed E-state index contributed by atoms with van der Waals surface area (Å²) in [6, 6.07) is 8.14. The second kappa shape index (κ2) is 7.42. The number of aliphatic hydroxyl groups is 1. The quantitative estimate of drug-likeness (QED) is 0.473. The van der Waals surface area contributed by atoms with Crippen LogP contribution in [0.25, 0.3) is 10.9 Å². The molecule has 0 bridgehead atoms. The van der Waals surface area contributed by atoms with Crippen LogP contribution >= 0.6 is 0 Å². The Morgan fingerprint density at radius 3 is 2.68 bits per heavy atom. The average Bonchev–Trinajstić information content (AvgIpc) is 3.04. The average molecular weight is 343 g/mol. The molecule has 1 aromatic carbocycles. The fraction of sp³-hybridized carbons (Fsp3) is 0.222. The van der Waals surface area contributed by atoms with E-state index in [4.69, 9.17) is 10.3 Å². The summed E-state index contributed by atoms with van der Waals surface area (Å²) in [6.07, 6.45) is 4.39. The van der Waals surface area contributed by atoms with Crippen molar-refractivity contribution in [1.82, 2.24) is 15.0 Å². The number of nitrogens with zero attached hydrogens (tertiary/aromatic N) is 2. The molecule has 0 radical (unpaired) electrons. The highest BCUT2D eigenvalue weighted by molar-refractivity contribution is 5.98. The molecule has 0 aliphatic rings. The molecule has 7 heteroatoms. The van der Waals surface area contributed by atoms with Crippen LogP contribution in [0, 0.1) is 5.82 Å². The van der Waals surface area contributed by atoms with Crippen molar-refractivity contribution >= 4 is 16.8 Å². The van der Waals surface area contributed by atoms with E-state index >= 15 is 0 Å². The van der Waals surface area contributed by atoms with Crippen molar-refractivity contribution in [3.63, 3.8) is 0 Å². The zero-order valence-electron chi connectivity index (χ0n) is 13.4. The summed E-state index contributed by atoms with van der Waals surface area (Å²) in [5, 5.41) is 18.8. The number of hydrogen-bond donors (Lipinski definition) is 3. The number of pyridine rings is 1. The van der Waals surface area contributed by atoms with Crippen LogP contribution in [0.5, 0.6) is 0 Å². The first-order chi connectivity index (χ1) is 12.1. The third kappa shape index (κ3) is 3.52. The van der Waals surface area contributed by atoms with E-state index in [9.17, 15) is 9.18 Å². The molecule has 2 aromatic heterocycles. The van der Waals surface area contributed by atoms with Crippen LogP contribution in [-0.2, 0) is 13.0 Å². The summed E-state index contributed by atoms with van der Waals surface area (Å²) in [5.74, 6) is -0.963. The van der Waals surface area contributed by atoms with Gasteiger partial charge in [0.05, 0.1) is 11.7 Å². The second-order valence-corrected chi connectivity index (χ2v) is 5.72. The smallest absolute Gasteiger partial charge is 0.293 e. The molecule has 0 atom stereocenters. The molecule has 0 aliphatic heterocycles. The monoisotopic (exact) mass is 343 g/mol. The number of aromatic nitrogens is 2. The Balaban J connectivity index is 2.02. The van der Waals surface area contributed by atoms with Gasteiger partial charge < -0.3 is 9.67 Å². The summed E-state index contributed by atoms with van der Waals surface area (Å²) in [6.45, 7) is 0.531. The Hall–Kier alpha value is -2.77.